The molecule has 0 bridgehead atoms. The lowest BCUT2D eigenvalue weighted by molar-refractivity contribution is 0.0723. The van der Waals surface area contributed by atoms with Gasteiger partial charge in [0.25, 0.3) is 5.91 Å². The molecule has 4 heterocycles. The summed E-state index contributed by atoms with van der Waals surface area (Å²) >= 11 is 0. The van der Waals surface area contributed by atoms with Crippen LogP contribution in [0.1, 0.15) is 35.2 Å². The second kappa shape index (κ2) is 6.70. The standard InChI is InChI=1S/C20H21N5O3/c1-27-14-5-2-4-13(10-14)16-12-21-19(22-16)17-6-3-7-24(17)20(26)15-11-18-25(23-15)8-9-28-18/h2,4-5,10-12,17H,3,6-9H2,1H3,(H,21,22). The van der Waals surface area contributed by atoms with Crippen LogP contribution in [0.4, 0.5) is 0 Å². The van der Waals surface area contributed by atoms with E-state index in [1.807, 2.05) is 35.4 Å². The summed E-state index contributed by atoms with van der Waals surface area (Å²) in [5.41, 5.74) is 2.33. The van der Waals surface area contributed by atoms with Crippen molar-refractivity contribution in [2.24, 2.45) is 0 Å². The highest BCUT2D eigenvalue weighted by Gasteiger charge is 2.34. The Kier molecular flexibility index (Phi) is 4.03. The van der Waals surface area contributed by atoms with Crippen molar-refractivity contribution in [3.8, 4) is 22.9 Å². The van der Waals surface area contributed by atoms with Crippen LogP contribution in [0, 0.1) is 0 Å². The molecule has 8 heteroatoms. The third-order valence-corrected chi connectivity index (χ3v) is 5.32. The fraction of sp³-hybridized carbons (Fsp3) is 0.350. The first-order valence-corrected chi connectivity index (χ1v) is 9.44. The first-order chi connectivity index (χ1) is 13.7. The van der Waals surface area contributed by atoms with Crippen molar-refractivity contribution in [3.63, 3.8) is 0 Å². The Bertz CT molecular complexity index is 1000. The molecule has 144 valence electrons. The Morgan fingerprint density at radius 1 is 1.32 bits per heavy atom. The van der Waals surface area contributed by atoms with Crippen molar-refractivity contribution in [2.75, 3.05) is 20.3 Å². The van der Waals surface area contributed by atoms with Gasteiger partial charge in [-0.05, 0) is 25.0 Å². The summed E-state index contributed by atoms with van der Waals surface area (Å²) in [6.45, 7) is 2.00. The maximum Gasteiger partial charge on any atom is 0.275 e. The first-order valence-electron chi connectivity index (χ1n) is 9.44. The van der Waals surface area contributed by atoms with Crippen LogP contribution < -0.4 is 9.47 Å². The predicted molar refractivity (Wildman–Crippen MR) is 101 cm³/mol. The number of benzene rings is 1. The van der Waals surface area contributed by atoms with Crippen LogP contribution in [-0.2, 0) is 6.54 Å². The molecule has 1 fully saturated rings. The number of aromatic nitrogens is 4. The number of fused-ring (bicyclic) bond motifs is 1. The lowest BCUT2D eigenvalue weighted by Crippen LogP contribution is -2.31. The zero-order valence-electron chi connectivity index (χ0n) is 15.6. The molecule has 2 aliphatic heterocycles. The molecule has 1 unspecified atom stereocenters. The normalized spacial score (nSPS) is 18.2. The highest BCUT2D eigenvalue weighted by molar-refractivity contribution is 5.93. The molecule has 5 rings (SSSR count). The minimum absolute atomic E-state index is 0.0765. The zero-order valence-corrected chi connectivity index (χ0v) is 15.6. The maximum absolute atomic E-state index is 13.0. The number of carbonyl (C=O) groups excluding carboxylic acids is 1. The average molecular weight is 379 g/mol. The van der Waals surface area contributed by atoms with E-state index < -0.39 is 0 Å². The van der Waals surface area contributed by atoms with Gasteiger partial charge < -0.3 is 19.4 Å². The molecule has 1 saturated heterocycles. The number of ether oxygens (including phenoxy) is 2. The third-order valence-electron chi connectivity index (χ3n) is 5.32. The van der Waals surface area contributed by atoms with E-state index in [1.54, 1.807) is 17.9 Å². The molecule has 1 N–H and O–H groups in total. The van der Waals surface area contributed by atoms with E-state index in [4.69, 9.17) is 9.47 Å². The smallest absolute Gasteiger partial charge is 0.275 e. The third kappa shape index (κ3) is 2.81. The molecular weight excluding hydrogens is 358 g/mol. The number of H-pyrrole nitrogens is 1. The van der Waals surface area contributed by atoms with Crippen molar-refractivity contribution in [1.29, 1.82) is 0 Å². The van der Waals surface area contributed by atoms with Gasteiger partial charge in [0.1, 0.15) is 18.2 Å². The molecule has 2 aromatic heterocycles. The number of hydrogen-bond donors (Lipinski definition) is 1. The Labute approximate surface area is 162 Å². The van der Waals surface area contributed by atoms with Crippen molar-refractivity contribution in [3.05, 3.63) is 48.0 Å². The molecular formula is C20H21N5O3. The molecule has 3 aromatic rings. The zero-order chi connectivity index (χ0) is 19.1. The van der Waals surface area contributed by atoms with E-state index in [0.717, 1.165) is 35.7 Å². The van der Waals surface area contributed by atoms with Gasteiger partial charge in [0.05, 0.1) is 31.6 Å². The Hall–Kier alpha value is -3.29. The summed E-state index contributed by atoms with van der Waals surface area (Å²) in [6.07, 6.45) is 3.63. The van der Waals surface area contributed by atoms with E-state index in [2.05, 4.69) is 15.1 Å². The van der Waals surface area contributed by atoms with Crippen molar-refractivity contribution >= 4 is 5.91 Å². The number of nitrogens with one attached hydrogen (secondary N) is 1. The van der Waals surface area contributed by atoms with Gasteiger partial charge in [-0.25, -0.2) is 9.67 Å². The number of likely N-dealkylation sites (tertiary alicyclic amines) is 1. The molecule has 1 atom stereocenters. The second-order valence-corrected chi connectivity index (χ2v) is 7.01. The average Bonchev–Trinajstić information content (AvgIpc) is 3.50. The van der Waals surface area contributed by atoms with Crippen molar-refractivity contribution < 1.29 is 14.3 Å². The second-order valence-electron chi connectivity index (χ2n) is 7.01. The number of amides is 1. The van der Waals surface area contributed by atoms with Gasteiger partial charge in [-0.3, -0.25) is 4.79 Å². The van der Waals surface area contributed by atoms with E-state index in [0.29, 0.717) is 31.3 Å². The topological polar surface area (TPSA) is 85.3 Å². The number of aromatic amines is 1. The van der Waals surface area contributed by atoms with E-state index in [9.17, 15) is 4.79 Å². The molecule has 2 aliphatic rings. The van der Waals surface area contributed by atoms with E-state index in [-0.39, 0.29) is 11.9 Å². The van der Waals surface area contributed by atoms with Gasteiger partial charge in [-0.2, -0.15) is 5.10 Å². The summed E-state index contributed by atoms with van der Waals surface area (Å²) in [7, 11) is 1.65. The van der Waals surface area contributed by atoms with Crippen molar-refractivity contribution in [2.45, 2.75) is 25.4 Å². The number of methoxy groups -OCH3 is 1. The summed E-state index contributed by atoms with van der Waals surface area (Å²) in [6, 6.07) is 9.47. The minimum atomic E-state index is -0.0793. The number of imidazole rings is 1. The molecule has 0 saturated carbocycles. The van der Waals surface area contributed by atoms with Gasteiger partial charge in [0, 0.05) is 18.2 Å². The molecule has 1 aromatic carbocycles. The summed E-state index contributed by atoms with van der Waals surface area (Å²) in [4.78, 5) is 22.8. The van der Waals surface area contributed by atoms with Crippen LogP contribution in [0.3, 0.4) is 0 Å². The Morgan fingerprint density at radius 2 is 2.25 bits per heavy atom. The monoisotopic (exact) mass is 379 g/mol. The highest BCUT2D eigenvalue weighted by atomic mass is 16.5. The quantitative estimate of drug-likeness (QED) is 0.753. The molecule has 1 amide bonds. The largest absolute Gasteiger partial charge is 0.497 e. The minimum Gasteiger partial charge on any atom is -0.497 e. The fourth-order valence-corrected chi connectivity index (χ4v) is 3.90. The first kappa shape index (κ1) is 16.9. The summed E-state index contributed by atoms with van der Waals surface area (Å²) < 4.78 is 12.5. The fourth-order valence-electron chi connectivity index (χ4n) is 3.90. The van der Waals surface area contributed by atoms with Crippen LogP contribution in [0.15, 0.2) is 36.5 Å². The van der Waals surface area contributed by atoms with Crippen LogP contribution >= 0.6 is 0 Å². The molecule has 28 heavy (non-hydrogen) atoms. The number of hydrogen-bond acceptors (Lipinski definition) is 5. The van der Waals surface area contributed by atoms with Gasteiger partial charge in [0.15, 0.2) is 5.69 Å². The Morgan fingerprint density at radius 3 is 3.11 bits per heavy atom. The molecule has 0 radical (unpaired) electrons. The van der Waals surface area contributed by atoms with Crippen molar-refractivity contribution in [1.82, 2.24) is 24.6 Å². The lowest BCUT2D eigenvalue weighted by atomic mass is 10.1. The van der Waals surface area contributed by atoms with Gasteiger partial charge in [0.2, 0.25) is 5.88 Å². The van der Waals surface area contributed by atoms with Crippen LogP contribution in [0.5, 0.6) is 11.6 Å². The number of carbonyl (C=O) groups is 1. The Balaban J connectivity index is 1.39. The van der Waals surface area contributed by atoms with E-state index in [1.165, 1.54) is 0 Å². The van der Waals surface area contributed by atoms with Gasteiger partial charge >= 0.3 is 0 Å². The van der Waals surface area contributed by atoms with Crippen LogP contribution in [0.25, 0.3) is 11.3 Å². The number of nitrogens with zero attached hydrogens (tertiary/aromatic N) is 4. The lowest BCUT2D eigenvalue weighted by Gasteiger charge is -2.22. The van der Waals surface area contributed by atoms with Crippen LogP contribution in [-0.4, -0.2) is 50.8 Å². The molecule has 0 aliphatic carbocycles. The molecule has 0 spiro atoms. The van der Waals surface area contributed by atoms with Crippen LogP contribution in [0.2, 0.25) is 0 Å². The summed E-state index contributed by atoms with van der Waals surface area (Å²) in [5.74, 6) is 2.18. The summed E-state index contributed by atoms with van der Waals surface area (Å²) in [5, 5.41) is 4.39. The SMILES string of the molecule is COc1cccc(-c2cnc(C3CCCN3C(=O)c3cc4n(n3)CCO4)[nH]2)c1. The number of rotatable bonds is 4. The maximum atomic E-state index is 13.0. The van der Waals surface area contributed by atoms with E-state index >= 15 is 0 Å². The predicted octanol–water partition coefficient (Wildman–Crippen LogP) is 2.65. The molecule has 8 nitrogen and oxygen atoms in total. The van der Waals surface area contributed by atoms with Gasteiger partial charge in [-0.15, -0.1) is 0 Å². The highest BCUT2D eigenvalue weighted by Crippen LogP contribution is 2.33. The van der Waals surface area contributed by atoms with Gasteiger partial charge in [-0.1, -0.05) is 12.1 Å².